The normalized spacial score (nSPS) is 17.3. The summed E-state index contributed by atoms with van der Waals surface area (Å²) in [6, 6.07) is 6.18. The monoisotopic (exact) mass is 236 g/mol. The van der Waals surface area contributed by atoms with Crippen molar-refractivity contribution >= 4 is 23.1 Å². The fourth-order valence-electron chi connectivity index (χ4n) is 2.00. The molecule has 3 heteroatoms. The first-order valence-corrected chi connectivity index (χ1v) is 7.09. The van der Waals surface area contributed by atoms with E-state index in [0.717, 1.165) is 23.7 Å². The highest BCUT2D eigenvalue weighted by Gasteiger charge is 2.13. The minimum Gasteiger partial charge on any atom is -0.399 e. The number of nitrogens with two attached hydrogens (primary N) is 1. The lowest BCUT2D eigenvalue weighted by Gasteiger charge is -2.22. The van der Waals surface area contributed by atoms with Crippen LogP contribution in [0.25, 0.3) is 0 Å². The van der Waals surface area contributed by atoms with Crippen molar-refractivity contribution in [3.05, 3.63) is 23.8 Å². The first-order valence-electron chi connectivity index (χ1n) is 5.93. The maximum atomic E-state index is 5.80. The minimum atomic E-state index is 0.846. The molecule has 1 aromatic rings. The van der Waals surface area contributed by atoms with Gasteiger partial charge in [-0.15, -0.1) is 0 Å². The van der Waals surface area contributed by atoms with Crippen molar-refractivity contribution < 1.29 is 0 Å². The Hall–Kier alpha value is -0.830. The Labute approximate surface area is 102 Å². The largest absolute Gasteiger partial charge is 0.399 e. The molecule has 1 heterocycles. The van der Waals surface area contributed by atoms with Gasteiger partial charge in [0.1, 0.15) is 0 Å². The number of hydrogen-bond donors (Lipinski definition) is 2. The highest BCUT2D eigenvalue weighted by Crippen LogP contribution is 2.23. The SMILES string of the molecule is Cc1cc(NCC2CCSCC2)ccc1N. The molecule has 0 aromatic heterocycles. The molecule has 1 aliphatic rings. The molecule has 0 unspecified atom stereocenters. The van der Waals surface area contributed by atoms with Crippen LogP contribution in [-0.4, -0.2) is 18.1 Å². The fourth-order valence-corrected chi connectivity index (χ4v) is 3.20. The van der Waals surface area contributed by atoms with Gasteiger partial charge in [0.05, 0.1) is 0 Å². The van der Waals surface area contributed by atoms with Crippen LogP contribution in [0, 0.1) is 12.8 Å². The zero-order chi connectivity index (χ0) is 11.4. The summed E-state index contributed by atoms with van der Waals surface area (Å²) in [5.74, 6) is 3.50. The molecule has 0 radical (unpaired) electrons. The molecule has 0 aliphatic carbocycles. The number of nitrogens with one attached hydrogen (secondary N) is 1. The summed E-state index contributed by atoms with van der Waals surface area (Å²) in [5.41, 5.74) is 9.03. The van der Waals surface area contributed by atoms with Crippen LogP contribution < -0.4 is 11.1 Å². The molecule has 16 heavy (non-hydrogen) atoms. The Morgan fingerprint density at radius 2 is 2.12 bits per heavy atom. The number of thioether (sulfide) groups is 1. The average Bonchev–Trinajstić information content (AvgIpc) is 2.32. The molecular weight excluding hydrogens is 216 g/mol. The zero-order valence-electron chi connectivity index (χ0n) is 9.83. The summed E-state index contributed by atoms with van der Waals surface area (Å²) in [6.07, 6.45) is 2.71. The van der Waals surface area contributed by atoms with Crippen LogP contribution >= 0.6 is 11.8 Å². The van der Waals surface area contributed by atoms with Gasteiger partial charge in [-0.05, 0) is 61.0 Å². The van der Waals surface area contributed by atoms with Crippen LogP contribution in [0.1, 0.15) is 18.4 Å². The Balaban J connectivity index is 1.86. The Morgan fingerprint density at radius 1 is 1.38 bits per heavy atom. The smallest absolute Gasteiger partial charge is 0.0345 e. The van der Waals surface area contributed by atoms with Gasteiger partial charge < -0.3 is 11.1 Å². The van der Waals surface area contributed by atoms with Crippen molar-refractivity contribution in [1.82, 2.24) is 0 Å². The summed E-state index contributed by atoms with van der Waals surface area (Å²) in [7, 11) is 0. The molecule has 1 aliphatic heterocycles. The molecule has 0 amide bonds. The number of nitrogen functional groups attached to an aromatic ring is 1. The predicted molar refractivity (Wildman–Crippen MR) is 74.1 cm³/mol. The van der Waals surface area contributed by atoms with Gasteiger partial charge in [-0.3, -0.25) is 0 Å². The van der Waals surface area contributed by atoms with Crippen molar-refractivity contribution in [2.24, 2.45) is 5.92 Å². The molecular formula is C13H20N2S. The van der Waals surface area contributed by atoms with Crippen LogP contribution in [0.15, 0.2) is 18.2 Å². The second-order valence-corrected chi connectivity index (χ2v) is 5.73. The van der Waals surface area contributed by atoms with Crippen molar-refractivity contribution in [3.63, 3.8) is 0 Å². The maximum absolute atomic E-state index is 5.80. The number of benzene rings is 1. The average molecular weight is 236 g/mol. The van der Waals surface area contributed by atoms with Crippen LogP contribution in [0.5, 0.6) is 0 Å². The van der Waals surface area contributed by atoms with E-state index in [2.05, 4.69) is 36.1 Å². The van der Waals surface area contributed by atoms with Crippen molar-refractivity contribution in [1.29, 1.82) is 0 Å². The number of rotatable bonds is 3. The quantitative estimate of drug-likeness (QED) is 0.792. The molecule has 0 bridgehead atoms. The van der Waals surface area contributed by atoms with E-state index in [9.17, 15) is 0 Å². The summed E-state index contributed by atoms with van der Waals surface area (Å²) >= 11 is 2.08. The Bertz CT molecular complexity index is 346. The van der Waals surface area contributed by atoms with Gasteiger partial charge in [-0.2, -0.15) is 11.8 Å². The second-order valence-electron chi connectivity index (χ2n) is 4.51. The lowest BCUT2D eigenvalue weighted by molar-refractivity contribution is 0.516. The molecule has 2 rings (SSSR count). The zero-order valence-corrected chi connectivity index (χ0v) is 10.6. The van der Waals surface area contributed by atoms with E-state index >= 15 is 0 Å². The van der Waals surface area contributed by atoms with Gasteiger partial charge >= 0.3 is 0 Å². The van der Waals surface area contributed by atoms with E-state index in [-0.39, 0.29) is 0 Å². The van der Waals surface area contributed by atoms with Crippen LogP contribution in [0.4, 0.5) is 11.4 Å². The Kier molecular flexibility index (Phi) is 3.99. The lowest BCUT2D eigenvalue weighted by atomic mass is 10.0. The number of anilines is 2. The van der Waals surface area contributed by atoms with Crippen LogP contribution in [0.2, 0.25) is 0 Å². The maximum Gasteiger partial charge on any atom is 0.0345 e. The van der Waals surface area contributed by atoms with Gasteiger partial charge in [0.15, 0.2) is 0 Å². The fraction of sp³-hybridized carbons (Fsp3) is 0.538. The van der Waals surface area contributed by atoms with Gasteiger partial charge in [-0.25, -0.2) is 0 Å². The summed E-state index contributed by atoms with van der Waals surface area (Å²) in [6.45, 7) is 3.15. The standard InChI is InChI=1S/C13H20N2S/c1-10-8-12(2-3-13(10)14)15-9-11-4-6-16-7-5-11/h2-3,8,11,15H,4-7,9,14H2,1H3. The van der Waals surface area contributed by atoms with Gasteiger partial charge in [0.25, 0.3) is 0 Å². The molecule has 0 atom stereocenters. The molecule has 3 N–H and O–H groups in total. The third kappa shape index (κ3) is 3.08. The van der Waals surface area contributed by atoms with E-state index < -0.39 is 0 Å². The van der Waals surface area contributed by atoms with E-state index in [4.69, 9.17) is 5.73 Å². The van der Waals surface area contributed by atoms with E-state index in [1.54, 1.807) is 0 Å². The van der Waals surface area contributed by atoms with Crippen LogP contribution in [-0.2, 0) is 0 Å². The molecule has 1 saturated heterocycles. The summed E-state index contributed by atoms with van der Waals surface area (Å²) in [4.78, 5) is 0. The number of aryl methyl sites for hydroxylation is 1. The van der Waals surface area contributed by atoms with Crippen molar-refractivity contribution in [3.8, 4) is 0 Å². The number of hydrogen-bond acceptors (Lipinski definition) is 3. The highest BCUT2D eigenvalue weighted by atomic mass is 32.2. The second kappa shape index (κ2) is 5.48. The summed E-state index contributed by atoms with van der Waals surface area (Å²) in [5, 5.41) is 3.52. The van der Waals surface area contributed by atoms with E-state index in [1.165, 1.54) is 30.0 Å². The first kappa shape index (κ1) is 11.6. The van der Waals surface area contributed by atoms with Crippen molar-refractivity contribution in [2.75, 3.05) is 29.1 Å². The first-order chi connectivity index (χ1) is 7.75. The predicted octanol–water partition coefficient (Wildman–Crippen LogP) is 3.13. The molecule has 1 aromatic carbocycles. The molecule has 2 nitrogen and oxygen atoms in total. The third-order valence-corrected chi connectivity index (χ3v) is 4.25. The minimum absolute atomic E-state index is 0.846. The van der Waals surface area contributed by atoms with Gasteiger partial charge in [-0.1, -0.05) is 0 Å². The molecule has 1 fully saturated rings. The third-order valence-electron chi connectivity index (χ3n) is 3.21. The topological polar surface area (TPSA) is 38.0 Å². The van der Waals surface area contributed by atoms with Gasteiger partial charge in [0, 0.05) is 17.9 Å². The lowest BCUT2D eigenvalue weighted by Crippen LogP contribution is -2.19. The van der Waals surface area contributed by atoms with Gasteiger partial charge in [0.2, 0.25) is 0 Å². The molecule has 0 saturated carbocycles. The van der Waals surface area contributed by atoms with Crippen LogP contribution in [0.3, 0.4) is 0 Å². The van der Waals surface area contributed by atoms with E-state index in [0.29, 0.717) is 0 Å². The Morgan fingerprint density at radius 3 is 2.81 bits per heavy atom. The van der Waals surface area contributed by atoms with E-state index in [1.807, 2.05) is 6.07 Å². The highest BCUT2D eigenvalue weighted by molar-refractivity contribution is 7.99. The molecule has 0 spiro atoms. The molecule has 88 valence electrons. The van der Waals surface area contributed by atoms with Crippen molar-refractivity contribution in [2.45, 2.75) is 19.8 Å². The summed E-state index contributed by atoms with van der Waals surface area (Å²) < 4.78 is 0.